The van der Waals surface area contributed by atoms with Crippen LogP contribution in [0, 0.1) is 0 Å². The second-order valence-corrected chi connectivity index (χ2v) is 12.8. The van der Waals surface area contributed by atoms with Crippen molar-refractivity contribution >= 4 is 49.9 Å². The number of halogens is 2. The van der Waals surface area contributed by atoms with E-state index in [-0.39, 0.29) is 17.0 Å². The molecule has 10 heteroatoms. The van der Waals surface area contributed by atoms with Crippen LogP contribution in [0.2, 0.25) is 10.0 Å². The van der Waals surface area contributed by atoms with Crippen LogP contribution in [0.3, 0.4) is 0 Å². The molecule has 6 rings (SSSR count). The van der Waals surface area contributed by atoms with Gasteiger partial charge < -0.3 is 5.32 Å². The molecule has 0 unspecified atom stereocenters. The number of nitrogens with one attached hydrogen (secondary N) is 1. The van der Waals surface area contributed by atoms with Crippen LogP contribution < -0.4 is 5.32 Å². The zero-order valence-corrected chi connectivity index (χ0v) is 24.3. The van der Waals surface area contributed by atoms with Gasteiger partial charge in [-0.3, -0.25) is 0 Å². The maximum Gasteiger partial charge on any atom is 0.260 e. The standard InChI is InChI=1S/C31H27Cl2N5O2S/c32-24-9-4-21(5-10-24)30(22-6-11-25(33)12-7-22)23-8-13-28-27(19-23)31(36-20-35-28)37-26-14-17-38(18-15-26)41(39,40)29-3-1-2-16-34-29/h1-13,16,19-20,26,30H,14-15,17-18H2,(H,35,36,37). The minimum atomic E-state index is -3.61. The highest BCUT2D eigenvalue weighted by Gasteiger charge is 2.30. The molecule has 0 spiro atoms. The summed E-state index contributed by atoms with van der Waals surface area (Å²) in [4.78, 5) is 13.1. The molecule has 1 fully saturated rings. The normalized spacial score (nSPS) is 14.9. The average molecular weight is 605 g/mol. The summed E-state index contributed by atoms with van der Waals surface area (Å²) >= 11 is 12.4. The first kappa shape index (κ1) is 27.6. The number of rotatable bonds is 7. The van der Waals surface area contributed by atoms with E-state index in [0.29, 0.717) is 36.0 Å². The van der Waals surface area contributed by atoms with E-state index in [0.717, 1.165) is 33.4 Å². The Bertz CT molecular complexity index is 1720. The molecule has 41 heavy (non-hydrogen) atoms. The van der Waals surface area contributed by atoms with Crippen molar-refractivity contribution in [3.8, 4) is 0 Å². The van der Waals surface area contributed by atoms with Gasteiger partial charge in [0, 0.05) is 46.7 Å². The van der Waals surface area contributed by atoms with E-state index < -0.39 is 10.0 Å². The molecule has 0 amide bonds. The first-order chi connectivity index (χ1) is 19.9. The molecule has 3 heterocycles. The van der Waals surface area contributed by atoms with Crippen molar-refractivity contribution in [3.63, 3.8) is 0 Å². The van der Waals surface area contributed by atoms with Gasteiger partial charge in [0.25, 0.3) is 10.0 Å². The molecule has 0 aliphatic carbocycles. The molecule has 1 aliphatic rings. The molecule has 1 saturated heterocycles. The van der Waals surface area contributed by atoms with Gasteiger partial charge in [0.15, 0.2) is 5.03 Å². The number of piperidine rings is 1. The van der Waals surface area contributed by atoms with E-state index in [2.05, 4.69) is 32.4 Å². The summed E-state index contributed by atoms with van der Waals surface area (Å²) in [6.45, 7) is 0.806. The number of pyridine rings is 1. The van der Waals surface area contributed by atoms with E-state index in [1.165, 1.54) is 16.6 Å². The highest BCUT2D eigenvalue weighted by atomic mass is 35.5. The van der Waals surface area contributed by atoms with Crippen LogP contribution in [0.1, 0.15) is 35.4 Å². The van der Waals surface area contributed by atoms with Gasteiger partial charge in [-0.1, -0.05) is 59.6 Å². The summed E-state index contributed by atoms with van der Waals surface area (Å²) in [5, 5.41) is 5.92. The first-order valence-electron chi connectivity index (χ1n) is 13.3. The van der Waals surface area contributed by atoms with Gasteiger partial charge in [-0.25, -0.2) is 23.4 Å². The Labute approximate surface area is 249 Å². The van der Waals surface area contributed by atoms with Gasteiger partial charge in [-0.05, 0) is 78.1 Å². The van der Waals surface area contributed by atoms with Crippen molar-refractivity contribution in [2.45, 2.75) is 29.8 Å². The highest BCUT2D eigenvalue weighted by Crippen LogP contribution is 2.36. The van der Waals surface area contributed by atoms with E-state index in [1.54, 1.807) is 18.5 Å². The third-order valence-corrected chi connectivity index (χ3v) is 9.76. The molecule has 0 radical (unpaired) electrons. The Kier molecular flexibility index (Phi) is 7.90. The summed E-state index contributed by atoms with van der Waals surface area (Å²) in [5.41, 5.74) is 4.11. The molecule has 2 aromatic heterocycles. The van der Waals surface area contributed by atoms with Gasteiger partial charge in [-0.15, -0.1) is 0 Å². The topological polar surface area (TPSA) is 88.1 Å². The quantitative estimate of drug-likeness (QED) is 0.206. The molecule has 1 N–H and O–H groups in total. The summed E-state index contributed by atoms with van der Waals surface area (Å²) in [5.74, 6) is 0.677. The predicted molar refractivity (Wildman–Crippen MR) is 163 cm³/mol. The Balaban J connectivity index is 1.28. The Morgan fingerprint density at radius 2 is 1.41 bits per heavy atom. The number of hydrogen-bond acceptors (Lipinski definition) is 6. The average Bonchev–Trinajstić information content (AvgIpc) is 3.00. The van der Waals surface area contributed by atoms with Crippen LogP contribution in [-0.2, 0) is 10.0 Å². The van der Waals surface area contributed by atoms with Crippen molar-refractivity contribution in [2.75, 3.05) is 18.4 Å². The molecule has 208 valence electrons. The molecule has 0 saturated carbocycles. The summed E-state index contributed by atoms with van der Waals surface area (Å²) < 4.78 is 27.5. The van der Waals surface area contributed by atoms with Crippen molar-refractivity contribution in [3.05, 3.63) is 124 Å². The monoisotopic (exact) mass is 603 g/mol. The molecule has 1 aliphatic heterocycles. The number of nitrogens with zero attached hydrogens (tertiary/aromatic N) is 4. The molecule has 5 aromatic rings. The van der Waals surface area contributed by atoms with Crippen LogP contribution in [0.25, 0.3) is 10.9 Å². The van der Waals surface area contributed by atoms with Gasteiger partial charge in [0.1, 0.15) is 12.1 Å². The van der Waals surface area contributed by atoms with E-state index >= 15 is 0 Å². The van der Waals surface area contributed by atoms with Crippen LogP contribution in [0.4, 0.5) is 5.82 Å². The zero-order chi connectivity index (χ0) is 28.4. The largest absolute Gasteiger partial charge is 0.367 e. The molecular formula is C31H27Cl2N5O2S. The van der Waals surface area contributed by atoms with Crippen LogP contribution in [0.15, 0.2) is 102 Å². The maximum absolute atomic E-state index is 13.0. The SMILES string of the molecule is O=S(=O)(c1ccccn1)N1CCC(Nc2ncnc3ccc(C(c4ccc(Cl)cc4)c4ccc(Cl)cc4)cc23)CC1. The van der Waals surface area contributed by atoms with Gasteiger partial charge in [0.2, 0.25) is 0 Å². The van der Waals surface area contributed by atoms with Crippen LogP contribution in [0.5, 0.6) is 0 Å². The number of sulfonamides is 1. The highest BCUT2D eigenvalue weighted by molar-refractivity contribution is 7.89. The maximum atomic E-state index is 13.0. The fraction of sp³-hybridized carbons (Fsp3) is 0.194. The second-order valence-electron chi connectivity index (χ2n) is 10.0. The van der Waals surface area contributed by atoms with Gasteiger partial charge >= 0.3 is 0 Å². The number of aromatic nitrogens is 3. The zero-order valence-electron chi connectivity index (χ0n) is 22.0. The van der Waals surface area contributed by atoms with Crippen LogP contribution in [-0.4, -0.2) is 46.8 Å². The summed E-state index contributed by atoms with van der Waals surface area (Å²) in [7, 11) is -3.61. The van der Waals surface area contributed by atoms with Gasteiger partial charge in [0.05, 0.1) is 5.52 Å². The number of anilines is 1. The van der Waals surface area contributed by atoms with E-state index in [9.17, 15) is 8.42 Å². The van der Waals surface area contributed by atoms with Crippen molar-refractivity contribution in [2.24, 2.45) is 0 Å². The lowest BCUT2D eigenvalue weighted by Gasteiger charge is -2.31. The number of hydrogen-bond donors (Lipinski definition) is 1. The van der Waals surface area contributed by atoms with Crippen LogP contribution >= 0.6 is 23.2 Å². The summed E-state index contributed by atoms with van der Waals surface area (Å²) in [6.07, 6.45) is 4.35. The minimum Gasteiger partial charge on any atom is -0.367 e. The second kappa shape index (κ2) is 11.7. The first-order valence-corrected chi connectivity index (χ1v) is 15.5. The number of benzene rings is 3. The lowest BCUT2D eigenvalue weighted by atomic mass is 9.84. The minimum absolute atomic E-state index is 0.0537. The molecular weight excluding hydrogens is 577 g/mol. The predicted octanol–water partition coefficient (Wildman–Crippen LogP) is 6.78. The molecule has 0 atom stereocenters. The van der Waals surface area contributed by atoms with Gasteiger partial charge in [-0.2, -0.15) is 4.31 Å². The van der Waals surface area contributed by atoms with E-state index in [4.69, 9.17) is 23.2 Å². The lowest BCUT2D eigenvalue weighted by Crippen LogP contribution is -2.42. The number of fused-ring (bicyclic) bond motifs is 1. The third-order valence-electron chi connectivity index (χ3n) is 7.44. The molecule has 3 aromatic carbocycles. The lowest BCUT2D eigenvalue weighted by molar-refractivity contribution is 0.328. The molecule has 0 bridgehead atoms. The van der Waals surface area contributed by atoms with Crippen molar-refractivity contribution in [1.29, 1.82) is 0 Å². The summed E-state index contributed by atoms with van der Waals surface area (Å²) in [6, 6.07) is 27.0. The Morgan fingerprint density at radius 1 is 0.780 bits per heavy atom. The smallest absolute Gasteiger partial charge is 0.260 e. The van der Waals surface area contributed by atoms with Crippen molar-refractivity contribution < 1.29 is 8.42 Å². The van der Waals surface area contributed by atoms with E-state index in [1.807, 2.05) is 54.6 Å². The third kappa shape index (κ3) is 5.92. The Morgan fingerprint density at radius 3 is 2.02 bits per heavy atom. The van der Waals surface area contributed by atoms with Crippen molar-refractivity contribution in [1.82, 2.24) is 19.3 Å². The fourth-order valence-corrected chi connectivity index (χ4v) is 6.98. The Hall–Kier alpha value is -3.56. The molecule has 7 nitrogen and oxygen atoms in total. The fourth-order valence-electron chi connectivity index (χ4n) is 5.32.